The number of nitrogen functional groups attached to an aromatic ring is 4. The fourth-order valence-corrected chi connectivity index (χ4v) is 15.9. The van der Waals surface area contributed by atoms with Gasteiger partial charge < -0.3 is 84.7 Å². The molecule has 0 bridgehead atoms. The summed E-state index contributed by atoms with van der Waals surface area (Å²) in [7, 11) is -7.72. The van der Waals surface area contributed by atoms with Gasteiger partial charge in [0.1, 0.15) is 84.0 Å². The van der Waals surface area contributed by atoms with Crippen molar-refractivity contribution in [3.8, 4) is 0 Å². The van der Waals surface area contributed by atoms with Crippen LogP contribution in [0.4, 0.5) is 23.3 Å². The molecule has 8 aromatic heterocycles. The van der Waals surface area contributed by atoms with Crippen LogP contribution in [0.5, 0.6) is 0 Å². The molecule has 5 aliphatic rings. The van der Waals surface area contributed by atoms with E-state index in [0.717, 1.165) is 6.42 Å². The molecule has 0 aromatic carbocycles. The first-order valence-electron chi connectivity index (χ1n) is 34.2. The first kappa shape index (κ1) is 77.4. The topological polar surface area (TPSA) is 446 Å². The van der Waals surface area contributed by atoms with Gasteiger partial charge in [-0.25, -0.2) is 59.8 Å². The summed E-state index contributed by atoms with van der Waals surface area (Å²) in [6.45, 7) is 45.5. The van der Waals surface area contributed by atoms with E-state index in [2.05, 4.69) is 195 Å². The predicted octanol–water partition coefficient (Wildman–Crippen LogP) is 7.30. The molecular weight excluding hydrogens is 1370 g/mol. The van der Waals surface area contributed by atoms with Gasteiger partial charge in [-0.15, -0.1) is 0 Å². The summed E-state index contributed by atoms with van der Waals surface area (Å²) in [4.78, 5) is 50.0. The second kappa shape index (κ2) is 29.0. The lowest BCUT2D eigenvalue weighted by Crippen LogP contribution is -2.45. The number of hydrogen-bond acceptors (Lipinski definition) is 29. The Bertz CT molecular complexity index is 4150. The minimum Gasteiger partial charge on any atom is -0.414 e. The molecule has 5 aliphatic heterocycles. The Labute approximate surface area is 592 Å². The molecule has 12 N–H and O–H groups in total. The Morgan fingerprint density at radius 3 is 1.09 bits per heavy atom. The highest BCUT2D eigenvalue weighted by molar-refractivity contribution is 6.75. The third-order valence-corrected chi connectivity index (χ3v) is 39.5. The standard InChI is InChI=1S/C22H41N5O3Si2.C16H25N5O3Si.C16H27N5O3Si.C10H13N5O4/c1-21(2,3)31(7,8)28-12-15-11-16(30-32(9,10)22(4,5)6)20(29-15)27-14-26-17-18(23)24-13-25-19(17)27;1-16(2,3)25(4,5)22-6-9-11-12(24-11)15(23-9)21-8-20-10-13(17)18-7-19-14(10)21;1-16(2,3)25(4,5)24-11-6-10(7-22)23-15(11)21-9-20-12-13(17)18-8-19-14(12)21;11-8-5-9(13-2-12-8)15(3-14-5)10-7(18)6(17)4(1-16)19-10/h13-16,20H,11-12H2,1-10H3,(H2,23,24,25);7-9,11-12,15H,6H2,1-5H3,(H2,17,18,19);8-11,15,22H,6-7H2,1-5H3,(H2,17,18,19);2-4,6-7,10,16-18H,1H2,(H2,11,12,13)/t15-,16+,20+;9-,11-,12-,15-;10-,11+,15+;4-,6-,7-,10-/m0101/s1. The minimum absolute atomic E-state index is 0.0154. The van der Waals surface area contributed by atoms with Crippen molar-refractivity contribution in [1.82, 2.24) is 78.1 Å². The number of anilines is 4. The zero-order chi connectivity index (χ0) is 74.1. The predicted molar refractivity (Wildman–Crippen MR) is 389 cm³/mol. The first-order valence-corrected chi connectivity index (χ1v) is 45.8. The number of aliphatic hydroxyl groups excluding tert-OH is 4. The van der Waals surface area contributed by atoms with Crippen molar-refractivity contribution in [2.45, 2.75) is 254 Å². The quantitative estimate of drug-likeness (QED) is 0.0347. The lowest BCUT2D eigenvalue weighted by molar-refractivity contribution is -0.0803. The number of hydrogen-bond donors (Lipinski definition) is 8. The molecule has 556 valence electrons. The molecule has 0 unspecified atom stereocenters. The van der Waals surface area contributed by atoms with Crippen LogP contribution in [0, 0.1) is 0 Å². The number of fused-ring (bicyclic) bond motifs is 5. The largest absolute Gasteiger partial charge is 0.414 e. The average molecular weight is 1480 g/mol. The maximum absolute atomic E-state index is 9.95. The van der Waals surface area contributed by atoms with Gasteiger partial charge in [0.05, 0.1) is 76.2 Å². The van der Waals surface area contributed by atoms with Crippen LogP contribution in [-0.4, -0.2) is 219 Å². The molecule has 0 radical (unpaired) electrons. The SMILES string of the molecule is CC(C)(C)[Si](C)(C)OC[C@@H]1C[C@@H](O[Si](C)(C)C(C)(C)C)[C@H](n2cnc3c(N)ncnc32)O1.CC(C)(C)[Si](C)(C)OC[C@H]1O[C@@H](n2cnc3c(N)ncnc32)[C@@H]2O[C@@H]21.CC(C)(C)[Si](C)(C)O[C@@H]1C[C@@H](CO)O[C@H]1n1cnc2c(N)ncnc21.Nc1ncnc2c1ncn2[C@@H]1O[C@H](CO)[C@@H](O)[C@H]1O. The molecule has 5 fully saturated rings. The van der Waals surface area contributed by atoms with Crippen LogP contribution >= 0.6 is 0 Å². The molecule has 14 atom stereocenters. The van der Waals surface area contributed by atoms with Crippen molar-refractivity contribution < 1.29 is 61.8 Å². The van der Waals surface area contributed by atoms with Crippen LogP contribution in [0.2, 0.25) is 72.5 Å². The maximum Gasteiger partial charge on any atom is 0.192 e. The molecule has 101 heavy (non-hydrogen) atoms. The Morgan fingerprint density at radius 1 is 0.396 bits per heavy atom. The molecule has 13 heterocycles. The molecule has 0 aliphatic carbocycles. The van der Waals surface area contributed by atoms with E-state index in [1.807, 2.05) is 13.7 Å². The monoisotopic (exact) mass is 1470 g/mol. The summed E-state index contributed by atoms with van der Waals surface area (Å²) < 4.78 is 63.4. The molecule has 13 rings (SSSR count). The molecule has 8 aromatic rings. The number of imidazole rings is 4. The second-order valence-corrected chi connectivity index (χ2v) is 51.7. The van der Waals surface area contributed by atoms with Crippen molar-refractivity contribution in [3.05, 3.63) is 50.6 Å². The van der Waals surface area contributed by atoms with Crippen LogP contribution < -0.4 is 22.9 Å². The van der Waals surface area contributed by atoms with Crippen molar-refractivity contribution >= 4 is 101 Å². The van der Waals surface area contributed by atoms with E-state index in [-0.39, 0.29) is 87.8 Å². The number of nitrogens with two attached hydrogens (primary N) is 4. The number of ether oxygens (including phenoxy) is 5. The summed E-state index contributed by atoms with van der Waals surface area (Å²) in [6, 6.07) is 0. The molecular formula is C64H106N20O13Si4. The molecule has 5 saturated heterocycles. The molecule has 0 spiro atoms. The van der Waals surface area contributed by atoms with Gasteiger partial charge in [-0.05, 0) is 72.5 Å². The maximum atomic E-state index is 9.95. The molecule has 0 saturated carbocycles. The third kappa shape index (κ3) is 16.0. The van der Waals surface area contributed by atoms with Crippen LogP contribution in [0.1, 0.15) is 121 Å². The number of rotatable bonds is 16. The minimum atomic E-state index is -2.03. The highest BCUT2D eigenvalue weighted by atomic mass is 28.4. The molecule has 37 heteroatoms. The van der Waals surface area contributed by atoms with E-state index in [0.29, 0.717) is 81.7 Å². The Hall–Kier alpha value is -6.25. The first-order chi connectivity index (χ1) is 47.0. The summed E-state index contributed by atoms with van der Waals surface area (Å²) >= 11 is 0. The van der Waals surface area contributed by atoms with Crippen LogP contribution in [-0.2, 0) is 41.4 Å². The van der Waals surface area contributed by atoms with E-state index >= 15 is 0 Å². The Balaban J connectivity index is 0.000000147. The normalized spacial score (nSPS) is 26.6. The molecule has 33 nitrogen and oxygen atoms in total. The van der Waals surface area contributed by atoms with Crippen molar-refractivity contribution in [3.63, 3.8) is 0 Å². The number of nitrogens with zero attached hydrogens (tertiary/aromatic N) is 16. The Morgan fingerprint density at radius 2 is 0.733 bits per heavy atom. The van der Waals surface area contributed by atoms with Gasteiger partial charge in [-0.3, -0.25) is 18.3 Å². The zero-order valence-electron chi connectivity index (χ0n) is 61.9. The fourth-order valence-electron chi connectivity index (χ4n) is 11.2. The van der Waals surface area contributed by atoms with Crippen molar-refractivity contribution in [1.29, 1.82) is 0 Å². The van der Waals surface area contributed by atoms with Crippen LogP contribution in [0.3, 0.4) is 0 Å². The van der Waals surface area contributed by atoms with E-state index in [4.69, 9.17) is 69.4 Å². The van der Waals surface area contributed by atoms with Crippen molar-refractivity contribution in [2.75, 3.05) is 49.4 Å². The van der Waals surface area contributed by atoms with Gasteiger partial charge in [0.2, 0.25) is 0 Å². The van der Waals surface area contributed by atoms with Gasteiger partial charge in [-0.2, -0.15) is 0 Å². The third-order valence-electron chi connectivity index (χ3n) is 21.5. The Kier molecular flexibility index (Phi) is 22.2. The van der Waals surface area contributed by atoms with Crippen LogP contribution in [0.15, 0.2) is 50.6 Å². The number of aromatic nitrogens is 16. The van der Waals surface area contributed by atoms with E-state index < -0.39 is 70.6 Å². The van der Waals surface area contributed by atoms with Gasteiger partial charge in [-0.1, -0.05) is 83.1 Å². The number of aliphatic hydroxyl groups is 4. The van der Waals surface area contributed by atoms with Gasteiger partial charge in [0.25, 0.3) is 0 Å². The van der Waals surface area contributed by atoms with Gasteiger partial charge in [0, 0.05) is 12.8 Å². The smallest absolute Gasteiger partial charge is 0.192 e. The van der Waals surface area contributed by atoms with Crippen LogP contribution in [0.25, 0.3) is 44.7 Å². The summed E-state index contributed by atoms with van der Waals surface area (Å²) in [5.41, 5.74) is 27.9. The highest BCUT2D eigenvalue weighted by Gasteiger charge is 2.60. The fraction of sp³-hybridized carbons (Fsp3) is 0.688. The van der Waals surface area contributed by atoms with E-state index in [1.165, 1.54) is 36.2 Å². The van der Waals surface area contributed by atoms with E-state index in [9.17, 15) is 15.3 Å². The summed E-state index contributed by atoms with van der Waals surface area (Å²) in [5, 5.41) is 38.8. The van der Waals surface area contributed by atoms with Gasteiger partial charge in [0.15, 0.2) is 104 Å². The number of epoxide rings is 1. The van der Waals surface area contributed by atoms with Crippen molar-refractivity contribution in [2.24, 2.45) is 0 Å². The lowest BCUT2D eigenvalue weighted by atomic mass is 10.1. The highest BCUT2D eigenvalue weighted by Crippen LogP contribution is 2.49. The second-order valence-electron chi connectivity index (χ2n) is 32.6. The van der Waals surface area contributed by atoms with E-state index in [1.54, 1.807) is 19.0 Å². The summed E-state index contributed by atoms with van der Waals surface area (Å²) in [5.74, 6) is 1.29. The average Bonchev–Trinajstić information content (AvgIpc) is 1.58. The summed E-state index contributed by atoms with van der Waals surface area (Å²) in [6.07, 6.45) is 7.80. The zero-order valence-corrected chi connectivity index (χ0v) is 65.9. The lowest BCUT2D eigenvalue weighted by Gasteiger charge is -2.39. The van der Waals surface area contributed by atoms with Gasteiger partial charge >= 0.3 is 0 Å². The molecule has 0 amide bonds.